The number of ether oxygens (including phenoxy) is 1. The molecule has 146 valence electrons. The number of morpholine rings is 1. The van der Waals surface area contributed by atoms with Crippen LogP contribution in [0.25, 0.3) is 10.9 Å². The van der Waals surface area contributed by atoms with Crippen molar-refractivity contribution in [2.45, 2.75) is 17.4 Å². The van der Waals surface area contributed by atoms with Gasteiger partial charge in [-0.3, -0.25) is 9.88 Å². The van der Waals surface area contributed by atoms with Gasteiger partial charge < -0.3 is 4.74 Å². The number of rotatable bonds is 4. The second-order valence-electron chi connectivity index (χ2n) is 6.94. The summed E-state index contributed by atoms with van der Waals surface area (Å²) in [6.45, 7) is 4.50. The standard InChI is InChI=1S/C19H25N3O3S2/c23-27(24,18-6-1-4-16-5-2-7-20-19(16)18)22-8-3-13-26-15-17(22)14-21-9-11-25-12-10-21/h1-2,4-7,17H,3,8-15H2/t17-/m0/s1. The Morgan fingerprint density at radius 1 is 1.15 bits per heavy atom. The molecule has 8 heteroatoms. The van der Waals surface area contributed by atoms with Crippen molar-refractivity contribution in [2.24, 2.45) is 0 Å². The summed E-state index contributed by atoms with van der Waals surface area (Å²) in [6.07, 6.45) is 2.53. The Bertz CT molecular complexity index is 879. The molecule has 1 atom stereocenters. The molecule has 3 heterocycles. The van der Waals surface area contributed by atoms with Gasteiger partial charge in [0.1, 0.15) is 4.90 Å². The third-order valence-electron chi connectivity index (χ3n) is 5.14. The van der Waals surface area contributed by atoms with Crippen molar-refractivity contribution in [3.8, 4) is 0 Å². The van der Waals surface area contributed by atoms with Gasteiger partial charge in [0, 0.05) is 49.6 Å². The zero-order valence-corrected chi connectivity index (χ0v) is 16.9. The first-order chi connectivity index (χ1) is 13.2. The highest BCUT2D eigenvalue weighted by molar-refractivity contribution is 7.99. The summed E-state index contributed by atoms with van der Waals surface area (Å²) in [6, 6.07) is 9.12. The van der Waals surface area contributed by atoms with E-state index in [0.717, 1.165) is 56.2 Å². The molecule has 27 heavy (non-hydrogen) atoms. The van der Waals surface area contributed by atoms with Crippen molar-refractivity contribution in [1.29, 1.82) is 0 Å². The quantitative estimate of drug-likeness (QED) is 0.773. The molecule has 2 saturated heterocycles. The summed E-state index contributed by atoms with van der Waals surface area (Å²) in [7, 11) is -3.61. The van der Waals surface area contributed by atoms with Crippen LogP contribution in [0.5, 0.6) is 0 Å². The van der Waals surface area contributed by atoms with Crippen LogP contribution in [-0.2, 0) is 14.8 Å². The van der Waals surface area contributed by atoms with Crippen molar-refractivity contribution in [3.63, 3.8) is 0 Å². The van der Waals surface area contributed by atoms with Crippen LogP contribution < -0.4 is 0 Å². The van der Waals surface area contributed by atoms with Gasteiger partial charge in [0.15, 0.2) is 0 Å². The average Bonchev–Trinajstić information content (AvgIpc) is 2.94. The second kappa shape index (κ2) is 8.45. The Morgan fingerprint density at radius 3 is 2.81 bits per heavy atom. The molecule has 1 aromatic carbocycles. The minimum atomic E-state index is -3.61. The number of fused-ring (bicyclic) bond motifs is 1. The molecule has 2 aromatic rings. The van der Waals surface area contributed by atoms with Crippen LogP contribution in [0.3, 0.4) is 0 Å². The summed E-state index contributed by atoms with van der Waals surface area (Å²) in [5.41, 5.74) is 0.557. The van der Waals surface area contributed by atoms with E-state index >= 15 is 0 Å². The topological polar surface area (TPSA) is 62.7 Å². The minimum Gasteiger partial charge on any atom is -0.379 e. The fraction of sp³-hybridized carbons (Fsp3) is 0.526. The average molecular weight is 408 g/mol. The van der Waals surface area contributed by atoms with Crippen LogP contribution in [0.4, 0.5) is 0 Å². The molecule has 0 amide bonds. The van der Waals surface area contributed by atoms with E-state index in [0.29, 0.717) is 17.0 Å². The lowest BCUT2D eigenvalue weighted by molar-refractivity contribution is 0.0309. The number of hydrogen-bond donors (Lipinski definition) is 0. The lowest BCUT2D eigenvalue weighted by atomic mass is 10.2. The van der Waals surface area contributed by atoms with Gasteiger partial charge in [-0.05, 0) is 24.3 Å². The highest BCUT2D eigenvalue weighted by atomic mass is 32.2. The number of thioether (sulfide) groups is 1. The molecule has 0 unspecified atom stereocenters. The van der Waals surface area contributed by atoms with Gasteiger partial charge in [0.2, 0.25) is 10.0 Å². The second-order valence-corrected chi connectivity index (χ2v) is 9.95. The lowest BCUT2D eigenvalue weighted by Gasteiger charge is -2.35. The maximum Gasteiger partial charge on any atom is 0.245 e. The molecule has 6 nitrogen and oxygen atoms in total. The normalized spacial score (nSPS) is 23.3. The monoisotopic (exact) mass is 407 g/mol. The number of sulfonamides is 1. The lowest BCUT2D eigenvalue weighted by Crippen LogP contribution is -2.50. The van der Waals surface area contributed by atoms with Crippen LogP contribution in [0.1, 0.15) is 6.42 Å². The third kappa shape index (κ3) is 4.14. The number of nitrogens with zero attached hydrogens (tertiary/aromatic N) is 3. The fourth-order valence-corrected chi connectivity index (χ4v) is 6.73. The molecule has 0 aliphatic carbocycles. The van der Waals surface area contributed by atoms with E-state index in [9.17, 15) is 8.42 Å². The molecule has 2 aliphatic heterocycles. The van der Waals surface area contributed by atoms with E-state index in [1.807, 2.05) is 30.0 Å². The smallest absolute Gasteiger partial charge is 0.245 e. The minimum absolute atomic E-state index is 0.0282. The number of benzene rings is 1. The molecule has 4 rings (SSSR count). The molecular formula is C19H25N3O3S2. The van der Waals surface area contributed by atoms with Crippen molar-refractivity contribution in [2.75, 3.05) is 50.9 Å². The molecule has 2 aliphatic rings. The van der Waals surface area contributed by atoms with Crippen molar-refractivity contribution in [1.82, 2.24) is 14.2 Å². The molecule has 0 radical (unpaired) electrons. The van der Waals surface area contributed by atoms with Gasteiger partial charge in [0.25, 0.3) is 0 Å². The van der Waals surface area contributed by atoms with Gasteiger partial charge in [-0.25, -0.2) is 8.42 Å². The zero-order chi connectivity index (χ0) is 18.7. The Labute approximate surface area is 164 Å². The molecule has 0 bridgehead atoms. The number of aromatic nitrogens is 1. The van der Waals surface area contributed by atoms with Crippen LogP contribution in [-0.4, -0.2) is 79.5 Å². The Hall–Kier alpha value is -1.19. The van der Waals surface area contributed by atoms with E-state index in [2.05, 4.69) is 9.88 Å². The van der Waals surface area contributed by atoms with Gasteiger partial charge in [0.05, 0.1) is 18.7 Å². The molecule has 1 aromatic heterocycles. The highest BCUT2D eigenvalue weighted by Crippen LogP contribution is 2.28. The molecule has 0 spiro atoms. The summed E-state index contributed by atoms with van der Waals surface area (Å²) in [4.78, 5) is 7.01. The van der Waals surface area contributed by atoms with E-state index < -0.39 is 10.0 Å². The van der Waals surface area contributed by atoms with Crippen molar-refractivity contribution in [3.05, 3.63) is 36.5 Å². The van der Waals surface area contributed by atoms with Crippen LogP contribution in [0.15, 0.2) is 41.4 Å². The molecule has 2 fully saturated rings. The van der Waals surface area contributed by atoms with E-state index in [1.165, 1.54) is 0 Å². The van der Waals surface area contributed by atoms with Crippen molar-refractivity contribution < 1.29 is 13.2 Å². The van der Waals surface area contributed by atoms with E-state index in [1.54, 1.807) is 22.6 Å². The first-order valence-corrected chi connectivity index (χ1v) is 12.0. The van der Waals surface area contributed by atoms with Crippen LogP contribution in [0, 0.1) is 0 Å². The third-order valence-corrected chi connectivity index (χ3v) is 8.32. The summed E-state index contributed by atoms with van der Waals surface area (Å²) in [5.74, 6) is 1.83. The number of hydrogen-bond acceptors (Lipinski definition) is 6. The highest BCUT2D eigenvalue weighted by Gasteiger charge is 2.35. The van der Waals surface area contributed by atoms with E-state index in [-0.39, 0.29) is 6.04 Å². The first kappa shape index (κ1) is 19.1. The van der Waals surface area contributed by atoms with Crippen LogP contribution >= 0.6 is 11.8 Å². The summed E-state index contributed by atoms with van der Waals surface area (Å²) >= 11 is 1.85. The summed E-state index contributed by atoms with van der Waals surface area (Å²) < 4.78 is 34.4. The largest absolute Gasteiger partial charge is 0.379 e. The van der Waals surface area contributed by atoms with Crippen LogP contribution in [0.2, 0.25) is 0 Å². The fourth-order valence-electron chi connectivity index (χ4n) is 3.76. The van der Waals surface area contributed by atoms with Gasteiger partial charge in [-0.1, -0.05) is 18.2 Å². The molecule has 0 saturated carbocycles. The Kier molecular flexibility index (Phi) is 5.99. The number of pyridine rings is 1. The Balaban J connectivity index is 1.68. The van der Waals surface area contributed by atoms with Gasteiger partial charge in [-0.15, -0.1) is 0 Å². The predicted molar refractivity (Wildman–Crippen MR) is 109 cm³/mol. The Morgan fingerprint density at radius 2 is 1.96 bits per heavy atom. The predicted octanol–water partition coefficient (Wildman–Crippen LogP) is 2.06. The number of para-hydroxylation sites is 1. The maximum absolute atomic E-state index is 13.6. The van der Waals surface area contributed by atoms with Gasteiger partial charge >= 0.3 is 0 Å². The maximum atomic E-state index is 13.6. The summed E-state index contributed by atoms with van der Waals surface area (Å²) in [5, 5.41) is 0.854. The van der Waals surface area contributed by atoms with Crippen molar-refractivity contribution >= 4 is 32.7 Å². The molecular weight excluding hydrogens is 382 g/mol. The SMILES string of the molecule is O=S(=O)(c1cccc2cccnc12)N1CCCSC[C@@H]1CN1CCOCC1. The zero-order valence-electron chi connectivity index (χ0n) is 15.3. The molecule has 0 N–H and O–H groups in total. The van der Waals surface area contributed by atoms with Gasteiger partial charge in [-0.2, -0.15) is 16.1 Å². The first-order valence-electron chi connectivity index (χ1n) is 9.40. The van der Waals surface area contributed by atoms with E-state index in [4.69, 9.17) is 4.74 Å².